The zero-order chi connectivity index (χ0) is 12.4. The van der Waals surface area contributed by atoms with Crippen LogP contribution in [-0.4, -0.2) is 50.4 Å². The molecule has 0 spiro atoms. The fourth-order valence-electron chi connectivity index (χ4n) is 2.00. The summed E-state index contributed by atoms with van der Waals surface area (Å²) >= 11 is 0. The van der Waals surface area contributed by atoms with Crippen molar-refractivity contribution < 1.29 is 13.2 Å². The van der Waals surface area contributed by atoms with Gasteiger partial charge in [-0.15, -0.1) is 0 Å². The molecule has 0 unspecified atom stereocenters. The molecule has 0 radical (unpaired) electrons. The highest BCUT2D eigenvalue weighted by molar-refractivity contribution is 7.90. The lowest BCUT2D eigenvalue weighted by atomic mass is 9.97. The SMILES string of the molecule is CN(CCS(C)(=O)=O)C(=O)C1(N)CCCC1. The molecule has 0 aromatic heterocycles. The van der Waals surface area contributed by atoms with Crippen LogP contribution in [0.2, 0.25) is 0 Å². The molecule has 1 aliphatic rings. The average molecular weight is 248 g/mol. The minimum absolute atomic E-state index is 0.00861. The van der Waals surface area contributed by atoms with Crippen molar-refractivity contribution in [2.24, 2.45) is 5.73 Å². The maximum Gasteiger partial charge on any atom is 0.242 e. The van der Waals surface area contributed by atoms with Crippen molar-refractivity contribution >= 4 is 15.7 Å². The summed E-state index contributed by atoms with van der Waals surface area (Å²) < 4.78 is 22.0. The van der Waals surface area contributed by atoms with E-state index in [4.69, 9.17) is 5.73 Å². The summed E-state index contributed by atoms with van der Waals surface area (Å²) in [4.78, 5) is 13.4. The smallest absolute Gasteiger partial charge is 0.242 e. The zero-order valence-corrected chi connectivity index (χ0v) is 10.7. The maximum absolute atomic E-state index is 12.0. The first kappa shape index (κ1) is 13.4. The molecule has 0 bridgehead atoms. The Bertz CT molecular complexity index is 358. The summed E-state index contributed by atoms with van der Waals surface area (Å²) in [6.07, 6.45) is 4.52. The molecular weight excluding hydrogens is 228 g/mol. The van der Waals surface area contributed by atoms with Crippen LogP contribution in [0.15, 0.2) is 0 Å². The third kappa shape index (κ3) is 3.45. The van der Waals surface area contributed by atoms with Crippen LogP contribution in [0.25, 0.3) is 0 Å². The Morgan fingerprint density at radius 1 is 1.38 bits per heavy atom. The zero-order valence-electron chi connectivity index (χ0n) is 9.90. The van der Waals surface area contributed by atoms with Gasteiger partial charge in [0, 0.05) is 19.8 Å². The van der Waals surface area contributed by atoms with Crippen LogP contribution in [0.4, 0.5) is 0 Å². The Labute approximate surface area is 96.9 Å². The molecule has 1 rings (SSSR count). The van der Waals surface area contributed by atoms with Gasteiger partial charge in [0.1, 0.15) is 9.84 Å². The van der Waals surface area contributed by atoms with Gasteiger partial charge in [0.25, 0.3) is 0 Å². The van der Waals surface area contributed by atoms with Crippen molar-refractivity contribution in [1.29, 1.82) is 0 Å². The van der Waals surface area contributed by atoms with E-state index < -0.39 is 15.4 Å². The van der Waals surface area contributed by atoms with Gasteiger partial charge in [0.05, 0.1) is 11.3 Å². The Balaban J connectivity index is 2.54. The minimum Gasteiger partial charge on any atom is -0.343 e. The van der Waals surface area contributed by atoms with Crippen LogP contribution in [0.3, 0.4) is 0 Å². The number of sulfone groups is 1. The molecule has 0 aliphatic heterocycles. The van der Waals surface area contributed by atoms with E-state index in [1.54, 1.807) is 7.05 Å². The largest absolute Gasteiger partial charge is 0.343 e. The summed E-state index contributed by atoms with van der Waals surface area (Å²) in [5.74, 6) is -0.139. The molecule has 16 heavy (non-hydrogen) atoms. The topological polar surface area (TPSA) is 80.5 Å². The molecule has 1 saturated carbocycles. The molecule has 2 N–H and O–H groups in total. The van der Waals surface area contributed by atoms with Gasteiger partial charge in [-0.25, -0.2) is 8.42 Å². The number of likely N-dealkylation sites (N-methyl/N-ethyl adjacent to an activating group) is 1. The van der Waals surface area contributed by atoms with E-state index in [1.165, 1.54) is 11.2 Å². The van der Waals surface area contributed by atoms with E-state index in [0.717, 1.165) is 12.8 Å². The first-order valence-corrected chi connectivity index (χ1v) is 7.53. The third-order valence-corrected chi connectivity index (χ3v) is 3.99. The predicted octanol–water partition coefficient (Wildman–Crippen LogP) is -0.239. The number of rotatable bonds is 4. The Kier molecular flexibility index (Phi) is 3.96. The molecular formula is C10H20N2O3S. The standard InChI is InChI=1S/C10H20N2O3S/c1-12(7-8-16(2,14)15)9(13)10(11)5-3-4-6-10/h3-8,11H2,1-2H3. The van der Waals surface area contributed by atoms with Crippen LogP contribution in [0, 0.1) is 0 Å². The Morgan fingerprint density at radius 3 is 2.31 bits per heavy atom. The fourth-order valence-corrected chi connectivity index (χ4v) is 2.61. The molecule has 0 aromatic carbocycles. The van der Waals surface area contributed by atoms with Crippen molar-refractivity contribution in [3.8, 4) is 0 Å². The van der Waals surface area contributed by atoms with Crippen LogP contribution in [0.5, 0.6) is 0 Å². The molecule has 6 heteroatoms. The van der Waals surface area contributed by atoms with E-state index in [-0.39, 0.29) is 18.2 Å². The van der Waals surface area contributed by atoms with Gasteiger partial charge in [-0.05, 0) is 12.8 Å². The van der Waals surface area contributed by atoms with E-state index >= 15 is 0 Å². The highest BCUT2D eigenvalue weighted by Gasteiger charge is 2.38. The summed E-state index contributed by atoms with van der Waals surface area (Å²) in [6.45, 7) is 0.219. The van der Waals surface area contributed by atoms with Crippen molar-refractivity contribution in [2.75, 3.05) is 25.6 Å². The van der Waals surface area contributed by atoms with Crippen molar-refractivity contribution in [2.45, 2.75) is 31.2 Å². The molecule has 94 valence electrons. The Morgan fingerprint density at radius 2 is 1.88 bits per heavy atom. The van der Waals surface area contributed by atoms with Gasteiger partial charge in [0.2, 0.25) is 5.91 Å². The normalized spacial score (nSPS) is 19.7. The van der Waals surface area contributed by atoms with Gasteiger partial charge in [0.15, 0.2) is 0 Å². The lowest BCUT2D eigenvalue weighted by Crippen LogP contribution is -2.53. The molecule has 0 saturated heterocycles. The highest BCUT2D eigenvalue weighted by atomic mass is 32.2. The van der Waals surface area contributed by atoms with Crippen LogP contribution < -0.4 is 5.73 Å². The van der Waals surface area contributed by atoms with Gasteiger partial charge in [-0.3, -0.25) is 4.79 Å². The van der Waals surface area contributed by atoms with Gasteiger partial charge in [-0.2, -0.15) is 0 Å². The molecule has 1 amide bonds. The van der Waals surface area contributed by atoms with E-state index in [1.807, 2.05) is 0 Å². The second-order valence-corrected chi connectivity index (χ2v) is 6.98. The maximum atomic E-state index is 12.0. The molecule has 5 nitrogen and oxygen atoms in total. The lowest BCUT2D eigenvalue weighted by Gasteiger charge is -2.28. The number of nitrogens with zero attached hydrogens (tertiary/aromatic N) is 1. The second kappa shape index (κ2) is 4.71. The van der Waals surface area contributed by atoms with E-state index in [9.17, 15) is 13.2 Å². The van der Waals surface area contributed by atoms with Crippen LogP contribution in [0.1, 0.15) is 25.7 Å². The van der Waals surface area contributed by atoms with Gasteiger partial charge in [-0.1, -0.05) is 12.8 Å². The third-order valence-electron chi connectivity index (χ3n) is 3.07. The van der Waals surface area contributed by atoms with Gasteiger partial charge < -0.3 is 10.6 Å². The Hall–Kier alpha value is -0.620. The second-order valence-electron chi connectivity index (χ2n) is 4.72. The summed E-state index contributed by atoms with van der Waals surface area (Å²) in [5, 5.41) is 0. The van der Waals surface area contributed by atoms with Crippen molar-refractivity contribution in [3.05, 3.63) is 0 Å². The monoisotopic (exact) mass is 248 g/mol. The molecule has 1 fully saturated rings. The van der Waals surface area contributed by atoms with Crippen LogP contribution >= 0.6 is 0 Å². The lowest BCUT2D eigenvalue weighted by molar-refractivity contribution is -0.135. The highest BCUT2D eigenvalue weighted by Crippen LogP contribution is 2.28. The number of carbonyl (C=O) groups is 1. The number of hydrogen-bond donors (Lipinski definition) is 1. The van der Waals surface area contributed by atoms with Crippen LogP contribution in [-0.2, 0) is 14.6 Å². The molecule has 0 aromatic rings. The van der Waals surface area contributed by atoms with E-state index in [2.05, 4.69) is 0 Å². The minimum atomic E-state index is -3.03. The number of carbonyl (C=O) groups excluding carboxylic acids is 1. The van der Waals surface area contributed by atoms with Crippen molar-refractivity contribution in [1.82, 2.24) is 4.90 Å². The number of amides is 1. The van der Waals surface area contributed by atoms with E-state index in [0.29, 0.717) is 12.8 Å². The molecule has 1 aliphatic carbocycles. The fraction of sp³-hybridized carbons (Fsp3) is 0.900. The number of nitrogens with two attached hydrogens (primary N) is 1. The number of hydrogen-bond acceptors (Lipinski definition) is 4. The quantitative estimate of drug-likeness (QED) is 0.744. The van der Waals surface area contributed by atoms with Gasteiger partial charge >= 0.3 is 0 Å². The summed E-state index contributed by atoms with van der Waals surface area (Å²) in [6, 6.07) is 0. The summed E-state index contributed by atoms with van der Waals surface area (Å²) in [7, 11) is -1.42. The molecule has 0 atom stereocenters. The molecule has 0 heterocycles. The first-order valence-electron chi connectivity index (χ1n) is 5.47. The first-order chi connectivity index (χ1) is 7.25. The van der Waals surface area contributed by atoms with Crippen molar-refractivity contribution in [3.63, 3.8) is 0 Å². The average Bonchev–Trinajstić information content (AvgIpc) is 2.60. The predicted molar refractivity (Wildman–Crippen MR) is 62.7 cm³/mol. The summed E-state index contributed by atoms with van der Waals surface area (Å²) in [5.41, 5.74) is 5.24.